The Balaban J connectivity index is 1.08. The number of esters is 1. The van der Waals surface area contributed by atoms with Gasteiger partial charge in [0.2, 0.25) is 0 Å². The van der Waals surface area contributed by atoms with Crippen LogP contribution in [0.15, 0.2) is 45.8 Å². The fraction of sp³-hybridized carbons (Fsp3) is 0.469. The molecule has 7 rings (SSSR count). The quantitative estimate of drug-likeness (QED) is 0.120. The second kappa shape index (κ2) is 12.6. The molecule has 16 heteroatoms. The third kappa shape index (κ3) is 6.61. The first-order valence-corrected chi connectivity index (χ1v) is 18.0. The lowest BCUT2D eigenvalue weighted by atomic mass is 10.00. The molecule has 10 nitrogen and oxygen atoms in total. The first-order chi connectivity index (χ1) is 22.9. The smallest absolute Gasteiger partial charge is 0.469 e. The van der Waals surface area contributed by atoms with Gasteiger partial charge in [-0.1, -0.05) is 28.6 Å². The van der Waals surface area contributed by atoms with E-state index in [2.05, 4.69) is 24.5 Å². The normalized spacial score (nSPS) is 21.2. The molecule has 3 aliphatic rings. The van der Waals surface area contributed by atoms with Gasteiger partial charge in [-0.3, -0.25) is 4.79 Å². The molecule has 0 spiro atoms. The molecule has 0 amide bonds. The van der Waals surface area contributed by atoms with Crippen molar-refractivity contribution in [3.63, 3.8) is 0 Å². The molecule has 2 aromatic carbocycles. The molecule has 3 fully saturated rings. The number of alkyl halides is 3. The van der Waals surface area contributed by atoms with Gasteiger partial charge in [-0.15, -0.1) is 13.2 Å². The van der Waals surface area contributed by atoms with E-state index >= 15 is 4.39 Å². The summed E-state index contributed by atoms with van der Waals surface area (Å²) in [4.78, 5) is 18.0. The first kappa shape index (κ1) is 32.8. The Labute approximate surface area is 276 Å². The van der Waals surface area contributed by atoms with Gasteiger partial charge in [-0.25, -0.2) is 17.8 Å². The van der Waals surface area contributed by atoms with Crippen molar-refractivity contribution in [2.45, 2.75) is 86.9 Å². The van der Waals surface area contributed by atoms with E-state index in [-0.39, 0.29) is 64.6 Å². The van der Waals surface area contributed by atoms with Gasteiger partial charge in [0.1, 0.15) is 22.7 Å². The van der Waals surface area contributed by atoms with Crippen LogP contribution in [-0.4, -0.2) is 61.9 Å². The highest BCUT2D eigenvalue weighted by Gasteiger charge is 2.43. The van der Waals surface area contributed by atoms with Crippen LogP contribution in [0.2, 0.25) is 0 Å². The highest BCUT2D eigenvalue weighted by molar-refractivity contribution is 7.91. The lowest BCUT2D eigenvalue weighted by Gasteiger charge is -2.38. The summed E-state index contributed by atoms with van der Waals surface area (Å²) < 4.78 is 102. The van der Waals surface area contributed by atoms with E-state index in [0.717, 1.165) is 31.7 Å². The average molecular weight is 710 g/mol. The number of anilines is 1. The second-order valence-corrected chi connectivity index (χ2v) is 15.4. The van der Waals surface area contributed by atoms with Gasteiger partial charge in [0.05, 0.1) is 41.6 Å². The van der Waals surface area contributed by atoms with E-state index in [0.29, 0.717) is 34.0 Å². The SMILES string of the molecule is COC(=O)CCS(=O)(=O)c1cc(F)c2nc(N3C4CCC3CC(OCc3c(-c5ccccc5OC(F)(F)F)noc3C3CC3)C4)sc2c1. The lowest BCUT2D eigenvalue weighted by molar-refractivity contribution is -0.274. The molecule has 2 unspecified atom stereocenters. The molecule has 4 heterocycles. The van der Waals surface area contributed by atoms with Crippen molar-refractivity contribution in [3.8, 4) is 17.0 Å². The van der Waals surface area contributed by atoms with Crippen LogP contribution < -0.4 is 9.64 Å². The summed E-state index contributed by atoms with van der Waals surface area (Å²) in [6.07, 6.45) is -0.550. The van der Waals surface area contributed by atoms with Gasteiger partial charge in [-0.2, -0.15) is 0 Å². The molecule has 2 aromatic heterocycles. The molecule has 2 saturated heterocycles. The largest absolute Gasteiger partial charge is 0.573 e. The maximum absolute atomic E-state index is 15.2. The van der Waals surface area contributed by atoms with E-state index in [4.69, 9.17) is 9.26 Å². The molecule has 0 N–H and O–H groups in total. The molecule has 2 bridgehead atoms. The lowest BCUT2D eigenvalue weighted by Crippen LogP contribution is -2.45. The van der Waals surface area contributed by atoms with Gasteiger partial charge < -0.3 is 23.6 Å². The zero-order valence-electron chi connectivity index (χ0n) is 25.7. The number of halogens is 4. The van der Waals surface area contributed by atoms with E-state index in [9.17, 15) is 26.4 Å². The third-order valence-electron chi connectivity index (χ3n) is 9.08. The number of sulfone groups is 1. The monoisotopic (exact) mass is 709 g/mol. The number of rotatable bonds is 11. The molecule has 4 aromatic rings. The Bertz CT molecular complexity index is 1940. The summed E-state index contributed by atoms with van der Waals surface area (Å²) in [5.74, 6) is -1.53. The number of aromatic nitrogens is 2. The van der Waals surface area contributed by atoms with Crippen LogP contribution in [-0.2, 0) is 30.7 Å². The minimum absolute atomic E-state index is 0.0476. The van der Waals surface area contributed by atoms with E-state index in [1.54, 1.807) is 6.07 Å². The molecule has 2 aliphatic heterocycles. The van der Waals surface area contributed by atoms with Crippen LogP contribution in [0, 0.1) is 5.82 Å². The van der Waals surface area contributed by atoms with Crippen molar-refractivity contribution in [1.82, 2.24) is 10.1 Å². The van der Waals surface area contributed by atoms with Gasteiger partial charge >= 0.3 is 12.3 Å². The Morgan fingerprint density at radius 1 is 1.10 bits per heavy atom. The maximum atomic E-state index is 15.2. The summed E-state index contributed by atoms with van der Waals surface area (Å²) in [5, 5.41) is 4.76. The van der Waals surface area contributed by atoms with Crippen LogP contribution in [0.25, 0.3) is 21.5 Å². The minimum Gasteiger partial charge on any atom is -0.469 e. The molecule has 1 saturated carbocycles. The van der Waals surface area contributed by atoms with Crippen molar-refractivity contribution >= 4 is 42.5 Å². The number of carbonyl (C=O) groups excluding carboxylic acids is 1. The zero-order chi connectivity index (χ0) is 33.8. The van der Waals surface area contributed by atoms with Gasteiger partial charge in [0.25, 0.3) is 0 Å². The second-order valence-electron chi connectivity index (χ2n) is 12.3. The number of nitrogens with zero attached hydrogens (tertiary/aromatic N) is 3. The standard InChI is InChI=1S/C32H31F4N3O7S2/c1-43-27(40)10-11-48(41,42)21-14-24(33)29-26(15-21)47-31(37-29)39-18-8-9-19(39)13-20(12-18)44-16-23-28(38-46-30(23)17-6-7-17)22-4-2-3-5-25(22)45-32(34,35)36/h2-5,14-15,17-20H,6-13,16H2,1H3. The Morgan fingerprint density at radius 3 is 2.52 bits per heavy atom. The molecule has 2 atom stereocenters. The summed E-state index contributed by atoms with van der Waals surface area (Å²) in [7, 11) is -2.77. The predicted molar refractivity (Wildman–Crippen MR) is 166 cm³/mol. The number of thiazole rings is 1. The number of ether oxygens (including phenoxy) is 3. The number of fused-ring (bicyclic) bond motifs is 3. The van der Waals surface area contributed by atoms with E-state index in [1.165, 1.54) is 42.7 Å². The Hall–Kier alpha value is -3.76. The van der Waals surface area contributed by atoms with Crippen LogP contribution in [0.5, 0.6) is 5.75 Å². The molecular formula is C32H31F4N3O7S2. The topological polar surface area (TPSA) is 121 Å². The number of benzene rings is 2. The number of hydrogen-bond acceptors (Lipinski definition) is 11. The number of carbonyl (C=O) groups is 1. The predicted octanol–water partition coefficient (Wildman–Crippen LogP) is 6.92. The third-order valence-corrected chi connectivity index (χ3v) is 11.8. The summed E-state index contributed by atoms with van der Waals surface area (Å²) in [6, 6.07) is 8.26. The molecule has 0 radical (unpaired) electrons. The highest BCUT2D eigenvalue weighted by Crippen LogP contribution is 2.47. The van der Waals surface area contributed by atoms with Crippen LogP contribution >= 0.6 is 11.3 Å². The summed E-state index contributed by atoms with van der Waals surface area (Å²) in [5.41, 5.74) is 1.13. The number of methoxy groups -OCH3 is 1. The average Bonchev–Trinajstić information content (AvgIpc) is 3.55. The van der Waals surface area contributed by atoms with Crippen molar-refractivity contribution in [2.75, 3.05) is 17.8 Å². The van der Waals surface area contributed by atoms with Gasteiger partial charge in [0.15, 0.2) is 20.8 Å². The van der Waals surface area contributed by atoms with Crippen molar-refractivity contribution < 1.29 is 49.5 Å². The van der Waals surface area contributed by atoms with Gasteiger partial charge in [-0.05, 0) is 62.8 Å². The maximum Gasteiger partial charge on any atom is 0.573 e. The van der Waals surface area contributed by atoms with Crippen LogP contribution in [0.4, 0.5) is 22.7 Å². The fourth-order valence-corrected chi connectivity index (χ4v) is 9.16. The Morgan fingerprint density at radius 2 is 1.83 bits per heavy atom. The van der Waals surface area contributed by atoms with Crippen molar-refractivity contribution in [3.05, 3.63) is 53.5 Å². The summed E-state index contributed by atoms with van der Waals surface area (Å²) in [6.45, 7) is 0.106. The van der Waals surface area contributed by atoms with E-state index < -0.39 is 33.7 Å². The zero-order valence-corrected chi connectivity index (χ0v) is 27.3. The highest BCUT2D eigenvalue weighted by atomic mass is 32.2. The number of para-hydroxylation sites is 1. The minimum atomic E-state index is -4.87. The van der Waals surface area contributed by atoms with Crippen molar-refractivity contribution in [2.24, 2.45) is 0 Å². The van der Waals surface area contributed by atoms with E-state index in [1.807, 2.05) is 0 Å². The molecule has 256 valence electrons. The number of hydrogen-bond donors (Lipinski definition) is 0. The van der Waals surface area contributed by atoms with Crippen LogP contribution in [0.3, 0.4) is 0 Å². The first-order valence-electron chi connectivity index (χ1n) is 15.5. The molecule has 48 heavy (non-hydrogen) atoms. The van der Waals surface area contributed by atoms with Crippen molar-refractivity contribution in [1.29, 1.82) is 0 Å². The Kier molecular flexibility index (Phi) is 8.60. The number of piperidine rings is 1. The molecule has 1 aliphatic carbocycles. The fourth-order valence-electron chi connectivity index (χ4n) is 6.67. The molecular weight excluding hydrogens is 678 g/mol. The van der Waals surface area contributed by atoms with Gasteiger partial charge in [0, 0.05) is 29.1 Å². The van der Waals surface area contributed by atoms with Crippen LogP contribution in [0.1, 0.15) is 62.2 Å². The summed E-state index contributed by atoms with van der Waals surface area (Å²) >= 11 is 1.22.